The van der Waals surface area contributed by atoms with Crippen LogP contribution in [0.5, 0.6) is 0 Å². The maximum atomic E-state index is 14.3. The topological polar surface area (TPSA) is 101 Å². The van der Waals surface area contributed by atoms with Crippen LogP contribution in [0.15, 0.2) is 65.6 Å². The summed E-state index contributed by atoms with van der Waals surface area (Å²) in [6.45, 7) is 4.85. The summed E-state index contributed by atoms with van der Waals surface area (Å²) in [6.07, 6.45) is 5.37. The van der Waals surface area contributed by atoms with Crippen molar-refractivity contribution in [3.63, 3.8) is 0 Å². The zero-order chi connectivity index (χ0) is 33.8. The van der Waals surface area contributed by atoms with E-state index in [0.717, 1.165) is 36.1 Å². The number of aliphatic hydroxyl groups is 4. The second kappa shape index (κ2) is 15.2. The molecule has 47 heavy (non-hydrogen) atoms. The zero-order valence-corrected chi connectivity index (χ0v) is 28.1. The van der Waals surface area contributed by atoms with Crippen molar-refractivity contribution in [3.05, 3.63) is 104 Å². The Morgan fingerprint density at radius 3 is 2.64 bits per heavy atom. The molecule has 0 saturated heterocycles. The summed E-state index contributed by atoms with van der Waals surface area (Å²) >= 11 is 1.66. The quantitative estimate of drug-likeness (QED) is 0.152. The van der Waals surface area contributed by atoms with Crippen LogP contribution in [0, 0.1) is 17.0 Å². The second-order valence-corrected chi connectivity index (χ2v) is 14.8. The van der Waals surface area contributed by atoms with Crippen LogP contribution < -0.4 is 0 Å². The van der Waals surface area contributed by atoms with Crippen molar-refractivity contribution in [2.24, 2.45) is 5.41 Å². The molecule has 4 N–H and O–H groups in total. The fourth-order valence-electron chi connectivity index (χ4n) is 7.67. The Balaban J connectivity index is 1.56. The predicted octanol–water partition coefficient (Wildman–Crippen LogP) is 6.19. The fourth-order valence-corrected chi connectivity index (χ4v) is 8.37. The summed E-state index contributed by atoms with van der Waals surface area (Å²) in [5.41, 5.74) is 1.20. The van der Waals surface area contributed by atoms with E-state index in [1.54, 1.807) is 17.4 Å². The Morgan fingerprint density at radius 2 is 1.91 bits per heavy atom. The van der Waals surface area contributed by atoms with Gasteiger partial charge in [-0.25, -0.2) is 8.78 Å². The number of fused-ring (bicyclic) bond motifs is 8. The van der Waals surface area contributed by atoms with Gasteiger partial charge in [0.15, 0.2) is 17.4 Å². The number of hydrogen-bond acceptors (Lipinski definition) is 7. The van der Waals surface area contributed by atoms with Crippen LogP contribution in [0.2, 0.25) is 0 Å². The molecular weight excluding hydrogens is 620 g/mol. The summed E-state index contributed by atoms with van der Waals surface area (Å²) in [7, 11) is 0. The van der Waals surface area contributed by atoms with Crippen molar-refractivity contribution < 1.29 is 34.0 Å². The first-order valence-corrected chi connectivity index (χ1v) is 17.5. The highest BCUT2D eigenvalue weighted by Crippen LogP contribution is 2.59. The standard InChI is InChI=1S/C38H47F2NO5S/c1-25-5-3-15-37(2)33(13-16-38(37,46)24-41(22-29(44)23-42)17-14-30-6-4-18-47-30)31-11-8-26(19-28(43)10-7-25)20-32(31)36(45)27-9-12-34(39)35(40)21-27/h4-6,8-9,11-12,18,20-21,28-29,33,42-44,46H,3,7,10,13-17,19,22-24H2,1-2H3/t28-,29-,33-,37-,38+/m0/s1. The first kappa shape index (κ1) is 35.5. The van der Waals surface area contributed by atoms with E-state index in [-0.39, 0.29) is 31.2 Å². The average Bonchev–Trinajstić information content (AvgIpc) is 3.65. The molecule has 0 spiro atoms. The highest BCUT2D eigenvalue weighted by molar-refractivity contribution is 7.09. The number of carbonyl (C=O) groups is 1. The van der Waals surface area contributed by atoms with Gasteiger partial charge in [-0.15, -0.1) is 11.3 Å². The first-order valence-electron chi connectivity index (χ1n) is 16.6. The van der Waals surface area contributed by atoms with Gasteiger partial charge >= 0.3 is 0 Å². The van der Waals surface area contributed by atoms with Gasteiger partial charge in [0.05, 0.1) is 24.4 Å². The molecule has 1 aromatic heterocycles. The Labute approximate surface area is 280 Å². The molecule has 6 rings (SSSR count). The van der Waals surface area contributed by atoms with Gasteiger partial charge in [-0.2, -0.15) is 0 Å². The highest BCUT2D eigenvalue weighted by Gasteiger charge is 2.57. The predicted molar refractivity (Wildman–Crippen MR) is 181 cm³/mol. The molecule has 0 unspecified atom stereocenters. The van der Waals surface area contributed by atoms with Crippen molar-refractivity contribution in [3.8, 4) is 0 Å². The number of aliphatic hydroxyl groups excluding tert-OH is 3. The molecule has 2 bridgehead atoms. The number of rotatable bonds is 10. The maximum Gasteiger partial charge on any atom is 0.193 e. The van der Waals surface area contributed by atoms with Crippen LogP contribution in [0.1, 0.15) is 90.2 Å². The van der Waals surface area contributed by atoms with Gasteiger partial charge in [-0.05, 0) is 111 Å². The van der Waals surface area contributed by atoms with Crippen LogP contribution in [-0.4, -0.2) is 75.2 Å². The number of halogens is 2. The monoisotopic (exact) mass is 667 g/mol. The summed E-state index contributed by atoms with van der Waals surface area (Å²) in [4.78, 5) is 17.3. The molecule has 5 atom stereocenters. The van der Waals surface area contributed by atoms with Crippen molar-refractivity contribution in [1.82, 2.24) is 4.90 Å². The minimum atomic E-state index is -1.20. The van der Waals surface area contributed by atoms with E-state index in [9.17, 15) is 34.0 Å². The number of thiophene rings is 1. The molecule has 3 aromatic rings. The van der Waals surface area contributed by atoms with Crippen molar-refractivity contribution in [1.29, 1.82) is 0 Å². The molecule has 3 aliphatic rings. The van der Waals surface area contributed by atoms with Crippen LogP contribution in [-0.2, 0) is 12.8 Å². The Morgan fingerprint density at radius 1 is 1.11 bits per heavy atom. The number of carbonyl (C=O) groups excluding carboxylic acids is 1. The molecular formula is C38H47F2NO5S. The van der Waals surface area contributed by atoms with E-state index in [1.807, 2.05) is 28.5 Å². The molecule has 1 heterocycles. The normalized spacial score (nSPS) is 25.8. The first-order chi connectivity index (χ1) is 22.4. The Hall–Kier alpha value is -2.79. The van der Waals surface area contributed by atoms with Gasteiger partial charge in [0.25, 0.3) is 0 Å². The lowest BCUT2D eigenvalue weighted by Crippen LogP contribution is -2.54. The number of hydrogen-bond donors (Lipinski definition) is 4. The molecule has 0 radical (unpaired) electrons. The number of benzene rings is 2. The minimum Gasteiger partial charge on any atom is -0.394 e. The average molecular weight is 668 g/mol. The summed E-state index contributed by atoms with van der Waals surface area (Å²) in [6, 6.07) is 12.9. The van der Waals surface area contributed by atoms with Crippen LogP contribution in [0.3, 0.4) is 0 Å². The molecule has 0 aliphatic heterocycles. The van der Waals surface area contributed by atoms with Crippen LogP contribution in [0.25, 0.3) is 0 Å². The lowest BCUT2D eigenvalue weighted by Gasteiger charge is -2.46. The maximum absolute atomic E-state index is 14.3. The lowest BCUT2D eigenvalue weighted by molar-refractivity contribution is -0.0889. The number of ketones is 1. The molecule has 0 amide bonds. The van der Waals surface area contributed by atoms with E-state index in [2.05, 4.69) is 26.0 Å². The summed E-state index contributed by atoms with van der Waals surface area (Å²) < 4.78 is 28.1. The number of nitrogens with zero attached hydrogens (tertiary/aromatic N) is 1. The lowest BCUT2D eigenvalue weighted by atomic mass is 9.64. The SMILES string of the molecule is CC1=CCC[C@@]2(C)[C@@H](CC[C@@]2(O)CN(CCc2cccs2)C[C@H](O)CO)c2ccc(cc2C(=O)c2ccc(F)c(F)c2)C[C@@H](O)CC1. The van der Waals surface area contributed by atoms with Crippen LogP contribution >= 0.6 is 11.3 Å². The minimum absolute atomic E-state index is 0.0372. The van der Waals surface area contributed by atoms with Gasteiger partial charge < -0.3 is 20.4 Å². The van der Waals surface area contributed by atoms with Gasteiger partial charge in [-0.1, -0.05) is 36.8 Å². The second-order valence-electron chi connectivity index (χ2n) is 13.8. The highest BCUT2D eigenvalue weighted by atomic mass is 32.1. The molecule has 9 heteroatoms. The van der Waals surface area contributed by atoms with Crippen molar-refractivity contribution in [2.75, 3.05) is 26.2 Å². The third-order valence-corrected chi connectivity index (χ3v) is 11.5. The molecule has 6 nitrogen and oxygen atoms in total. The third kappa shape index (κ3) is 8.10. The molecule has 2 aromatic carbocycles. The smallest absolute Gasteiger partial charge is 0.193 e. The molecule has 254 valence electrons. The van der Waals surface area contributed by atoms with E-state index >= 15 is 0 Å². The molecule has 1 fully saturated rings. The zero-order valence-electron chi connectivity index (χ0n) is 27.3. The Bertz CT molecular complexity index is 1560. The van der Waals surface area contributed by atoms with E-state index < -0.39 is 40.6 Å². The summed E-state index contributed by atoms with van der Waals surface area (Å²) in [5.74, 6) is -2.80. The van der Waals surface area contributed by atoms with Crippen molar-refractivity contribution in [2.45, 2.75) is 88.9 Å². The Kier molecular flexibility index (Phi) is 11.5. The largest absolute Gasteiger partial charge is 0.394 e. The van der Waals surface area contributed by atoms with Gasteiger partial charge in [0.1, 0.15) is 0 Å². The summed E-state index contributed by atoms with van der Waals surface area (Å²) in [5, 5.41) is 45.7. The molecule has 3 aliphatic carbocycles. The van der Waals surface area contributed by atoms with E-state index in [4.69, 9.17) is 0 Å². The van der Waals surface area contributed by atoms with Gasteiger partial charge in [-0.3, -0.25) is 9.69 Å². The fraction of sp³-hybridized carbons (Fsp3) is 0.500. The number of allylic oxidation sites excluding steroid dienone is 2. The molecule has 1 saturated carbocycles. The third-order valence-electron chi connectivity index (χ3n) is 10.5. The van der Waals surface area contributed by atoms with Crippen molar-refractivity contribution >= 4 is 17.1 Å². The van der Waals surface area contributed by atoms with Gasteiger partial charge in [0.2, 0.25) is 0 Å². The van der Waals surface area contributed by atoms with Crippen LogP contribution in [0.4, 0.5) is 8.78 Å². The van der Waals surface area contributed by atoms with Gasteiger partial charge in [0, 0.05) is 41.1 Å². The van der Waals surface area contributed by atoms with E-state index in [0.29, 0.717) is 50.6 Å². The van der Waals surface area contributed by atoms with E-state index in [1.165, 1.54) is 16.5 Å².